The zero-order chi connectivity index (χ0) is 19.3. The maximum absolute atomic E-state index is 2.39. The molecule has 0 bridgehead atoms. The smallest absolute Gasteiger partial charge is 0.00762 e. The molecule has 0 fully saturated rings. The fraction of sp³-hybridized carbons (Fsp3) is 0.214. The maximum atomic E-state index is 2.39. The number of fused-ring (bicyclic) bond motifs is 2. The van der Waals surface area contributed by atoms with Crippen molar-refractivity contribution in [2.24, 2.45) is 5.92 Å². The van der Waals surface area contributed by atoms with Gasteiger partial charge in [-0.2, -0.15) is 0 Å². The molecule has 0 heteroatoms. The van der Waals surface area contributed by atoms with Crippen molar-refractivity contribution >= 4 is 22.8 Å². The van der Waals surface area contributed by atoms with E-state index >= 15 is 0 Å². The van der Waals surface area contributed by atoms with E-state index in [1.165, 1.54) is 50.1 Å². The Morgan fingerprint density at radius 3 is 2.14 bits per heavy atom. The first-order valence-corrected chi connectivity index (χ1v) is 10.4. The van der Waals surface area contributed by atoms with Crippen LogP contribution >= 0.6 is 0 Å². The van der Waals surface area contributed by atoms with Gasteiger partial charge in [0.1, 0.15) is 0 Å². The molecule has 0 radical (unpaired) electrons. The van der Waals surface area contributed by atoms with Crippen LogP contribution < -0.4 is 0 Å². The third kappa shape index (κ3) is 2.59. The molecule has 0 saturated carbocycles. The van der Waals surface area contributed by atoms with Crippen LogP contribution in [0.15, 0.2) is 72.8 Å². The highest BCUT2D eigenvalue weighted by molar-refractivity contribution is 6.03. The highest BCUT2D eigenvalue weighted by Gasteiger charge is 2.31. The van der Waals surface area contributed by atoms with E-state index in [0.29, 0.717) is 11.8 Å². The Hall–Kier alpha value is -2.86. The molecule has 0 spiro atoms. The largest absolute Gasteiger partial charge is 0.0619 e. The Bertz CT molecular complexity index is 1120. The number of rotatable bonds is 3. The fourth-order valence-corrected chi connectivity index (χ4v) is 5.10. The molecule has 0 aliphatic heterocycles. The van der Waals surface area contributed by atoms with Crippen molar-refractivity contribution in [1.82, 2.24) is 0 Å². The molecule has 2 aliphatic carbocycles. The van der Waals surface area contributed by atoms with Gasteiger partial charge in [0.15, 0.2) is 0 Å². The Morgan fingerprint density at radius 1 is 0.750 bits per heavy atom. The summed E-state index contributed by atoms with van der Waals surface area (Å²) in [5, 5.41) is 0. The van der Waals surface area contributed by atoms with Crippen LogP contribution in [0.25, 0.3) is 22.8 Å². The van der Waals surface area contributed by atoms with E-state index in [2.05, 4.69) is 99.6 Å². The zero-order valence-electron chi connectivity index (χ0n) is 16.9. The van der Waals surface area contributed by atoms with E-state index in [-0.39, 0.29) is 0 Å². The Labute approximate surface area is 168 Å². The van der Waals surface area contributed by atoms with Gasteiger partial charge in [-0.15, -0.1) is 0 Å². The third-order valence-electron chi connectivity index (χ3n) is 6.35. The predicted octanol–water partition coefficient (Wildman–Crippen LogP) is 7.47. The predicted molar refractivity (Wildman–Crippen MR) is 121 cm³/mol. The highest BCUT2D eigenvalue weighted by Crippen LogP contribution is 2.51. The van der Waals surface area contributed by atoms with Crippen LogP contribution in [0.1, 0.15) is 60.1 Å². The minimum atomic E-state index is 0.430. The molecule has 0 N–H and O–H groups in total. The summed E-state index contributed by atoms with van der Waals surface area (Å²) < 4.78 is 0. The summed E-state index contributed by atoms with van der Waals surface area (Å²) >= 11 is 0. The minimum absolute atomic E-state index is 0.430. The van der Waals surface area contributed by atoms with Gasteiger partial charge in [0.2, 0.25) is 0 Å². The topological polar surface area (TPSA) is 0 Å². The molecule has 0 saturated heterocycles. The second kappa shape index (κ2) is 6.63. The van der Waals surface area contributed by atoms with Crippen molar-refractivity contribution in [2.45, 2.75) is 33.1 Å². The molecule has 2 aliphatic rings. The van der Waals surface area contributed by atoms with Gasteiger partial charge < -0.3 is 0 Å². The van der Waals surface area contributed by atoms with Gasteiger partial charge in [-0.25, -0.2) is 0 Å². The van der Waals surface area contributed by atoms with Crippen molar-refractivity contribution in [3.63, 3.8) is 0 Å². The SMILES string of the molecule is CC(C)C1=C(c2ccccc2C2=Cc3ccccc3C2)C(C)c2ccccc21. The molecule has 0 heterocycles. The number of hydrogen-bond donors (Lipinski definition) is 0. The summed E-state index contributed by atoms with van der Waals surface area (Å²) in [5.74, 6) is 0.933. The first-order chi connectivity index (χ1) is 13.6. The molecular weight excluding hydrogens is 336 g/mol. The van der Waals surface area contributed by atoms with Crippen molar-refractivity contribution in [3.05, 3.63) is 106 Å². The van der Waals surface area contributed by atoms with Crippen molar-refractivity contribution in [2.75, 3.05) is 0 Å². The monoisotopic (exact) mass is 362 g/mol. The van der Waals surface area contributed by atoms with Gasteiger partial charge in [-0.1, -0.05) is 99.6 Å². The van der Waals surface area contributed by atoms with E-state index in [0.717, 1.165) is 6.42 Å². The van der Waals surface area contributed by atoms with E-state index in [4.69, 9.17) is 0 Å². The molecule has 138 valence electrons. The van der Waals surface area contributed by atoms with Gasteiger partial charge >= 0.3 is 0 Å². The lowest BCUT2D eigenvalue weighted by Crippen LogP contribution is -2.00. The van der Waals surface area contributed by atoms with Crippen molar-refractivity contribution in [1.29, 1.82) is 0 Å². The van der Waals surface area contributed by atoms with E-state index < -0.39 is 0 Å². The van der Waals surface area contributed by atoms with Gasteiger partial charge in [0, 0.05) is 5.92 Å². The second-order valence-corrected chi connectivity index (χ2v) is 8.38. The molecule has 0 aromatic heterocycles. The zero-order valence-corrected chi connectivity index (χ0v) is 16.9. The van der Waals surface area contributed by atoms with Gasteiger partial charge in [-0.05, 0) is 62.4 Å². The van der Waals surface area contributed by atoms with Crippen molar-refractivity contribution in [3.8, 4) is 0 Å². The number of allylic oxidation sites excluding steroid dienone is 3. The number of hydrogen-bond acceptors (Lipinski definition) is 0. The van der Waals surface area contributed by atoms with Crippen molar-refractivity contribution < 1.29 is 0 Å². The first kappa shape index (κ1) is 17.3. The average molecular weight is 363 g/mol. The molecule has 3 aromatic carbocycles. The lowest BCUT2D eigenvalue weighted by Gasteiger charge is -2.19. The highest BCUT2D eigenvalue weighted by atomic mass is 14.3. The summed E-state index contributed by atoms with van der Waals surface area (Å²) in [6, 6.07) is 26.8. The minimum Gasteiger partial charge on any atom is -0.0619 e. The summed E-state index contributed by atoms with van der Waals surface area (Å²) in [6.07, 6.45) is 3.41. The van der Waals surface area contributed by atoms with Crippen LogP contribution in [0.2, 0.25) is 0 Å². The van der Waals surface area contributed by atoms with Gasteiger partial charge in [0.25, 0.3) is 0 Å². The van der Waals surface area contributed by atoms with E-state index in [1.54, 1.807) is 0 Å². The average Bonchev–Trinajstić information content (AvgIpc) is 3.27. The van der Waals surface area contributed by atoms with Gasteiger partial charge in [0.05, 0.1) is 0 Å². The van der Waals surface area contributed by atoms with Crippen LogP contribution in [0.5, 0.6) is 0 Å². The van der Waals surface area contributed by atoms with E-state index in [1.807, 2.05) is 0 Å². The molecule has 28 heavy (non-hydrogen) atoms. The Balaban J connectivity index is 1.69. The van der Waals surface area contributed by atoms with Crippen LogP contribution in [0, 0.1) is 5.92 Å². The molecule has 3 aromatic rings. The molecule has 0 nitrogen and oxygen atoms in total. The molecule has 5 rings (SSSR count). The van der Waals surface area contributed by atoms with Gasteiger partial charge in [-0.3, -0.25) is 0 Å². The van der Waals surface area contributed by atoms with Crippen LogP contribution in [-0.2, 0) is 6.42 Å². The number of benzene rings is 3. The summed E-state index contributed by atoms with van der Waals surface area (Å²) in [5.41, 5.74) is 13.0. The molecule has 1 atom stereocenters. The van der Waals surface area contributed by atoms with Crippen LogP contribution in [0.4, 0.5) is 0 Å². The van der Waals surface area contributed by atoms with Crippen LogP contribution in [0.3, 0.4) is 0 Å². The first-order valence-electron chi connectivity index (χ1n) is 10.4. The molecule has 1 unspecified atom stereocenters. The normalized spacial score (nSPS) is 17.7. The molecular formula is C28H26. The summed E-state index contributed by atoms with van der Waals surface area (Å²) in [6.45, 7) is 7.03. The second-order valence-electron chi connectivity index (χ2n) is 8.38. The maximum Gasteiger partial charge on any atom is 0.00762 e. The lowest BCUT2D eigenvalue weighted by atomic mass is 9.85. The quantitative estimate of drug-likeness (QED) is 0.453. The van der Waals surface area contributed by atoms with Crippen LogP contribution in [-0.4, -0.2) is 0 Å². The standard InChI is InChI=1S/C28H26/c1-18(2)27-25-14-8-6-12-23(25)19(3)28(27)26-15-9-7-13-24(26)22-16-20-10-4-5-11-21(20)17-22/h4-16,18-19H,17H2,1-3H3. The lowest BCUT2D eigenvalue weighted by molar-refractivity contribution is 0.858. The Morgan fingerprint density at radius 2 is 1.39 bits per heavy atom. The fourth-order valence-electron chi connectivity index (χ4n) is 5.10. The summed E-state index contributed by atoms with van der Waals surface area (Å²) in [7, 11) is 0. The molecule has 0 amide bonds. The third-order valence-corrected chi connectivity index (χ3v) is 6.35. The summed E-state index contributed by atoms with van der Waals surface area (Å²) in [4.78, 5) is 0. The van der Waals surface area contributed by atoms with E-state index in [9.17, 15) is 0 Å². The Kier molecular flexibility index (Phi) is 4.09.